The van der Waals surface area contributed by atoms with Crippen LogP contribution in [-0.4, -0.2) is 11.5 Å². The predicted octanol–water partition coefficient (Wildman–Crippen LogP) is 3.58. The van der Waals surface area contributed by atoms with E-state index in [4.69, 9.17) is 11.6 Å². The summed E-state index contributed by atoms with van der Waals surface area (Å²) in [5, 5.41) is 14.5. The molecule has 2 aromatic rings. The quantitative estimate of drug-likeness (QED) is 0.502. The largest absolute Gasteiger partial charge is 0.312 e. The summed E-state index contributed by atoms with van der Waals surface area (Å²) in [4.78, 5) is 10.5. The van der Waals surface area contributed by atoms with Crippen LogP contribution in [0.2, 0.25) is 5.02 Å². The fraction of sp³-hybridized carbons (Fsp3) is 0.200. The first-order valence-electron chi connectivity index (χ1n) is 6.34. The van der Waals surface area contributed by atoms with E-state index in [0.717, 1.165) is 13.0 Å². The molecule has 0 unspecified atom stereocenters. The SMILES string of the molecule is O=[N+]([O-])c1cc(Cl)ccc1CNCCc1ccccc1. The van der Waals surface area contributed by atoms with Gasteiger partial charge in [0.05, 0.1) is 4.92 Å². The monoisotopic (exact) mass is 290 g/mol. The van der Waals surface area contributed by atoms with Gasteiger partial charge in [0.15, 0.2) is 0 Å². The van der Waals surface area contributed by atoms with Crippen molar-refractivity contribution in [2.24, 2.45) is 0 Å². The molecule has 2 rings (SSSR count). The van der Waals surface area contributed by atoms with Crippen molar-refractivity contribution in [1.82, 2.24) is 5.32 Å². The van der Waals surface area contributed by atoms with E-state index in [1.54, 1.807) is 12.1 Å². The van der Waals surface area contributed by atoms with Crippen LogP contribution in [0.3, 0.4) is 0 Å². The van der Waals surface area contributed by atoms with Gasteiger partial charge in [-0.25, -0.2) is 0 Å². The van der Waals surface area contributed by atoms with Crippen LogP contribution in [0.15, 0.2) is 48.5 Å². The van der Waals surface area contributed by atoms with Gasteiger partial charge in [-0.3, -0.25) is 10.1 Å². The van der Waals surface area contributed by atoms with Crippen molar-refractivity contribution < 1.29 is 4.92 Å². The van der Waals surface area contributed by atoms with Gasteiger partial charge in [0.1, 0.15) is 0 Å². The van der Waals surface area contributed by atoms with Gasteiger partial charge in [0.2, 0.25) is 0 Å². The Morgan fingerprint density at radius 3 is 2.60 bits per heavy atom. The lowest BCUT2D eigenvalue weighted by Crippen LogP contribution is -2.17. The molecule has 0 aliphatic carbocycles. The highest BCUT2D eigenvalue weighted by molar-refractivity contribution is 6.30. The number of hydrogen-bond donors (Lipinski definition) is 1. The van der Waals surface area contributed by atoms with E-state index in [9.17, 15) is 10.1 Å². The predicted molar refractivity (Wildman–Crippen MR) is 80.0 cm³/mol. The van der Waals surface area contributed by atoms with Gasteiger partial charge in [-0.2, -0.15) is 0 Å². The Hall–Kier alpha value is -1.91. The summed E-state index contributed by atoms with van der Waals surface area (Å²) in [5.74, 6) is 0. The molecule has 0 aromatic heterocycles. The molecule has 20 heavy (non-hydrogen) atoms. The lowest BCUT2D eigenvalue weighted by atomic mass is 10.1. The van der Waals surface area contributed by atoms with Crippen molar-refractivity contribution in [2.45, 2.75) is 13.0 Å². The van der Waals surface area contributed by atoms with Gasteiger partial charge >= 0.3 is 0 Å². The summed E-state index contributed by atoms with van der Waals surface area (Å²) >= 11 is 5.78. The molecule has 0 aliphatic heterocycles. The van der Waals surface area contributed by atoms with E-state index in [1.807, 2.05) is 18.2 Å². The third-order valence-electron chi connectivity index (χ3n) is 2.99. The van der Waals surface area contributed by atoms with Crippen LogP contribution >= 0.6 is 11.6 Å². The zero-order valence-corrected chi connectivity index (χ0v) is 11.6. The molecule has 0 amide bonds. The van der Waals surface area contributed by atoms with Crippen LogP contribution in [0.4, 0.5) is 5.69 Å². The molecule has 104 valence electrons. The zero-order chi connectivity index (χ0) is 14.4. The molecule has 0 fully saturated rings. The number of nitrogens with zero attached hydrogens (tertiary/aromatic N) is 1. The summed E-state index contributed by atoms with van der Waals surface area (Å²) in [5.41, 5.74) is 1.95. The molecule has 0 heterocycles. The van der Waals surface area contributed by atoms with Gasteiger partial charge in [-0.1, -0.05) is 41.9 Å². The Balaban J connectivity index is 1.90. The van der Waals surface area contributed by atoms with Crippen LogP contribution in [0, 0.1) is 10.1 Å². The van der Waals surface area contributed by atoms with Gasteiger partial charge < -0.3 is 5.32 Å². The van der Waals surface area contributed by atoms with Crippen LogP contribution in [0.25, 0.3) is 0 Å². The first-order chi connectivity index (χ1) is 9.66. The van der Waals surface area contributed by atoms with E-state index >= 15 is 0 Å². The number of nitro benzene ring substituents is 1. The van der Waals surface area contributed by atoms with Crippen LogP contribution < -0.4 is 5.32 Å². The molecule has 0 saturated heterocycles. The molecule has 0 saturated carbocycles. The Morgan fingerprint density at radius 1 is 1.15 bits per heavy atom. The maximum atomic E-state index is 10.9. The van der Waals surface area contributed by atoms with Crippen LogP contribution in [0.5, 0.6) is 0 Å². The van der Waals surface area contributed by atoms with Crippen molar-refractivity contribution in [3.8, 4) is 0 Å². The van der Waals surface area contributed by atoms with E-state index in [2.05, 4.69) is 17.4 Å². The number of rotatable bonds is 6. The van der Waals surface area contributed by atoms with Gasteiger partial charge in [-0.15, -0.1) is 0 Å². The first kappa shape index (κ1) is 14.5. The fourth-order valence-electron chi connectivity index (χ4n) is 1.96. The minimum atomic E-state index is -0.403. The second kappa shape index (κ2) is 7.03. The smallest absolute Gasteiger partial charge is 0.275 e. The minimum absolute atomic E-state index is 0.0599. The number of hydrogen-bond acceptors (Lipinski definition) is 3. The lowest BCUT2D eigenvalue weighted by Gasteiger charge is -2.06. The van der Waals surface area contributed by atoms with Crippen LogP contribution in [-0.2, 0) is 13.0 Å². The summed E-state index contributed by atoms with van der Waals surface area (Å²) in [6, 6.07) is 14.8. The first-order valence-corrected chi connectivity index (χ1v) is 6.72. The standard InChI is InChI=1S/C15H15ClN2O2/c16-14-7-6-13(15(10-14)18(19)20)11-17-9-8-12-4-2-1-3-5-12/h1-7,10,17H,8-9,11H2. The summed E-state index contributed by atoms with van der Waals surface area (Å²) < 4.78 is 0. The average Bonchev–Trinajstić information content (AvgIpc) is 2.45. The molecule has 0 aliphatic rings. The molecular weight excluding hydrogens is 276 g/mol. The molecule has 0 radical (unpaired) electrons. The van der Waals surface area contributed by atoms with Crippen molar-refractivity contribution in [3.05, 3.63) is 74.8 Å². The highest BCUT2D eigenvalue weighted by atomic mass is 35.5. The average molecular weight is 291 g/mol. The molecule has 0 spiro atoms. The summed E-state index contributed by atoms with van der Waals surface area (Å²) in [6.07, 6.45) is 0.891. The summed E-state index contributed by atoms with van der Waals surface area (Å²) in [6.45, 7) is 1.23. The minimum Gasteiger partial charge on any atom is -0.312 e. The molecule has 0 bridgehead atoms. The van der Waals surface area contributed by atoms with Crippen molar-refractivity contribution in [3.63, 3.8) is 0 Å². The van der Waals surface area contributed by atoms with E-state index < -0.39 is 4.92 Å². The van der Waals surface area contributed by atoms with Gasteiger partial charge in [0.25, 0.3) is 5.69 Å². The number of nitrogens with one attached hydrogen (secondary N) is 1. The Morgan fingerprint density at radius 2 is 1.90 bits per heavy atom. The Kier molecular flexibility index (Phi) is 5.09. The maximum Gasteiger partial charge on any atom is 0.275 e. The van der Waals surface area contributed by atoms with Crippen molar-refractivity contribution in [1.29, 1.82) is 0 Å². The third kappa shape index (κ3) is 4.05. The number of nitro groups is 1. The topological polar surface area (TPSA) is 55.2 Å². The van der Waals surface area contributed by atoms with Crippen molar-refractivity contribution >= 4 is 17.3 Å². The molecule has 5 heteroatoms. The third-order valence-corrected chi connectivity index (χ3v) is 3.23. The normalized spacial score (nSPS) is 10.4. The van der Waals surface area contributed by atoms with E-state index in [1.165, 1.54) is 11.6 Å². The second-order valence-electron chi connectivity index (χ2n) is 4.44. The lowest BCUT2D eigenvalue weighted by molar-refractivity contribution is -0.385. The maximum absolute atomic E-state index is 10.9. The molecule has 0 atom stereocenters. The van der Waals surface area contributed by atoms with Gasteiger partial charge in [-0.05, 0) is 30.7 Å². The van der Waals surface area contributed by atoms with Gasteiger partial charge in [0, 0.05) is 23.2 Å². The zero-order valence-electron chi connectivity index (χ0n) is 10.9. The Labute approximate surface area is 122 Å². The van der Waals surface area contributed by atoms with E-state index in [0.29, 0.717) is 17.1 Å². The number of benzene rings is 2. The van der Waals surface area contributed by atoms with Crippen molar-refractivity contribution in [2.75, 3.05) is 6.54 Å². The molecule has 4 nitrogen and oxygen atoms in total. The molecule has 1 N–H and O–H groups in total. The number of halogens is 1. The van der Waals surface area contributed by atoms with E-state index in [-0.39, 0.29) is 5.69 Å². The highest BCUT2D eigenvalue weighted by Gasteiger charge is 2.13. The molecule has 2 aromatic carbocycles. The summed E-state index contributed by atoms with van der Waals surface area (Å²) in [7, 11) is 0. The fourth-order valence-corrected chi connectivity index (χ4v) is 2.12. The highest BCUT2D eigenvalue weighted by Crippen LogP contribution is 2.22. The second-order valence-corrected chi connectivity index (χ2v) is 4.88. The Bertz CT molecular complexity index is 588. The molecular formula is C15H15ClN2O2. The van der Waals surface area contributed by atoms with Crippen LogP contribution in [0.1, 0.15) is 11.1 Å².